The monoisotopic (exact) mass is 1010 g/mol. The molecule has 0 spiro atoms. The molecule has 3 aromatic rings. The lowest BCUT2D eigenvalue weighted by Gasteiger charge is -2.44. The summed E-state index contributed by atoms with van der Waals surface area (Å²) in [6.45, 7) is 11.8. The van der Waals surface area contributed by atoms with E-state index in [1.807, 2.05) is 0 Å². The van der Waals surface area contributed by atoms with E-state index < -0.39 is 161 Å². The summed E-state index contributed by atoms with van der Waals surface area (Å²) in [7, 11) is 0. The first-order valence-corrected chi connectivity index (χ1v) is 21.7. The van der Waals surface area contributed by atoms with Crippen LogP contribution in [0.15, 0.2) is 39.5 Å². The third-order valence-corrected chi connectivity index (χ3v) is 9.96. The van der Waals surface area contributed by atoms with E-state index in [4.69, 9.17) is 66.0 Å². The largest absolute Gasteiger partial charge is 0.460 e. The number of esters is 9. The third kappa shape index (κ3) is 13.9. The fraction of sp³-hybridized carbons (Fsp3) is 0.468. The molecule has 25 nitrogen and oxygen atoms in total. The van der Waals surface area contributed by atoms with Crippen LogP contribution in [0.25, 0.3) is 22.3 Å². The molecule has 2 aliphatic rings. The van der Waals surface area contributed by atoms with Crippen LogP contribution in [0.2, 0.25) is 0 Å². The molecule has 72 heavy (non-hydrogen) atoms. The summed E-state index contributed by atoms with van der Waals surface area (Å²) in [5.41, 5.74) is -1.81. The molecular weight excluding hydrogens is 964 g/mol. The van der Waals surface area contributed by atoms with Crippen molar-refractivity contribution in [3.05, 3.63) is 40.6 Å². The van der Waals surface area contributed by atoms with Gasteiger partial charge in [0.15, 0.2) is 41.7 Å². The number of Topliss-reactive ketones (excluding diaryl/α,β-unsaturated/α-hetero) is 1. The van der Waals surface area contributed by atoms with Gasteiger partial charge in [-0.05, 0) is 32.0 Å². The van der Waals surface area contributed by atoms with E-state index in [1.165, 1.54) is 19.9 Å². The Kier molecular flexibility index (Phi) is 17.8. The first-order chi connectivity index (χ1) is 33.7. The second-order valence-corrected chi connectivity index (χ2v) is 16.2. The Hall–Kier alpha value is -7.93. The zero-order valence-electron chi connectivity index (χ0n) is 40.6. The average molecular weight is 1010 g/mol. The van der Waals surface area contributed by atoms with Gasteiger partial charge < -0.3 is 66.0 Å². The van der Waals surface area contributed by atoms with E-state index in [0.717, 1.165) is 86.6 Å². The van der Waals surface area contributed by atoms with Gasteiger partial charge in [0.25, 0.3) is 0 Å². The molecule has 0 saturated carbocycles. The summed E-state index contributed by atoms with van der Waals surface area (Å²) in [6, 6.07) is 5.61. The number of carbonyl (C=O) groups is 10. The Labute approximate surface area is 408 Å². The fourth-order valence-electron chi connectivity index (χ4n) is 7.68. The average Bonchev–Trinajstić information content (AvgIpc) is 3.23. The minimum atomic E-state index is -2.04. The SMILES string of the molecule is CC(=O)C[C@H]1O[C@@H](Oc2c(-c3ccc(OC(C)=O)c(OC(C)=O)c3)oc3cc(O[C@@H]4O[C@@H](C)[C@H](OC(C)=O)[C@@H](OC(C)=O)[C@H]4OC(C)=O)cc(OC(C)=O)c3c2=O)[C@H](OC(C)=O)[C@@H](OC(C)=O)[C@@H]1OC(C)=O. The van der Waals surface area contributed by atoms with Crippen LogP contribution in [-0.4, -0.2) is 121 Å². The molecule has 2 fully saturated rings. The molecule has 2 aliphatic heterocycles. The molecule has 3 heterocycles. The minimum Gasteiger partial charge on any atom is -0.460 e. The second kappa shape index (κ2) is 23.3. The number of hydrogen-bond donors (Lipinski definition) is 0. The molecule has 0 N–H and O–H groups in total. The smallest absolute Gasteiger partial charge is 0.308 e. The van der Waals surface area contributed by atoms with Gasteiger partial charge in [-0.2, -0.15) is 0 Å². The molecule has 0 amide bonds. The van der Waals surface area contributed by atoms with Gasteiger partial charge in [-0.3, -0.25) is 52.7 Å². The van der Waals surface area contributed by atoms with Crippen LogP contribution in [-0.2, 0) is 85.8 Å². The normalized spacial score (nSPS) is 23.5. The van der Waals surface area contributed by atoms with Crippen molar-refractivity contribution < 1.29 is 114 Å². The molecule has 25 heteroatoms. The lowest BCUT2D eigenvalue weighted by atomic mass is 9.94. The molecule has 2 saturated heterocycles. The van der Waals surface area contributed by atoms with E-state index in [1.54, 1.807) is 0 Å². The van der Waals surface area contributed by atoms with E-state index in [-0.39, 0.29) is 22.8 Å². The van der Waals surface area contributed by atoms with Gasteiger partial charge in [-0.1, -0.05) is 0 Å². The molecular formula is C47H50O25. The molecule has 0 bridgehead atoms. The predicted octanol–water partition coefficient (Wildman–Crippen LogP) is 3.03. The van der Waals surface area contributed by atoms with Crippen molar-refractivity contribution in [1.29, 1.82) is 0 Å². The predicted molar refractivity (Wildman–Crippen MR) is 235 cm³/mol. The van der Waals surface area contributed by atoms with Crippen LogP contribution < -0.4 is 29.1 Å². The molecule has 0 radical (unpaired) electrons. The lowest BCUT2D eigenvalue weighted by Crippen LogP contribution is -2.63. The summed E-state index contributed by atoms with van der Waals surface area (Å²) < 4.78 is 79.9. The van der Waals surface area contributed by atoms with Crippen LogP contribution in [0.4, 0.5) is 0 Å². The molecule has 1 aromatic heterocycles. The zero-order chi connectivity index (χ0) is 53.5. The van der Waals surface area contributed by atoms with E-state index in [0.29, 0.717) is 0 Å². The van der Waals surface area contributed by atoms with Crippen LogP contribution in [0, 0.1) is 0 Å². The number of hydrogen-bond acceptors (Lipinski definition) is 25. The van der Waals surface area contributed by atoms with Crippen LogP contribution in [0.5, 0.6) is 28.7 Å². The lowest BCUT2D eigenvalue weighted by molar-refractivity contribution is -0.283. The van der Waals surface area contributed by atoms with Crippen LogP contribution >= 0.6 is 0 Å². The van der Waals surface area contributed by atoms with Gasteiger partial charge >= 0.3 is 53.7 Å². The molecule has 5 rings (SSSR count). The Morgan fingerprint density at radius 3 is 1.46 bits per heavy atom. The first-order valence-electron chi connectivity index (χ1n) is 21.7. The van der Waals surface area contributed by atoms with E-state index in [9.17, 15) is 47.9 Å². The Morgan fingerprint density at radius 2 is 0.944 bits per heavy atom. The maximum atomic E-state index is 15.2. The fourth-order valence-corrected chi connectivity index (χ4v) is 7.68. The Bertz CT molecular complexity index is 2720. The highest BCUT2D eigenvalue weighted by atomic mass is 16.7. The van der Waals surface area contributed by atoms with Crippen molar-refractivity contribution in [1.82, 2.24) is 0 Å². The summed E-state index contributed by atoms with van der Waals surface area (Å²) in [5, 5.41) is -0.551. The Morgan fingerprint density at radius 1 is 0.486 bits per heavy atom. The number of benzene rings is 2. The summed E-state index contributed by atoms with van der Waals surface area (Å²) in [5.74, 6) is -11.7. The topological polar surface area (TPSA) is 321 Å². The highest BCUT2D eigenvalue weighted by Crippen LogP contribution is 2.42. The van der Waals surface area contributed by atoms with Gasteiger partial charge in [0.1, 0.15) is 34.4 Å². The zero-order valence-corrected chi connectivity index (χ0v) is 40.6. The molecule has 388 valence electrons. The highest BCUT2D eigenvalue weighted by Gasteiger charge is 2.54. The summed E-state index contributed by atoms with van der Waals surface area (Å²) in [6.07, 6.45) is -16.6. The standard InChI is InChI=1S/C47H50O25/c1-18(48)14-35-40(64-24(7)53)43(66-26(9)55)45(68-28(11)57)47(71-35)72-41-37(58)36-33(62-22(5)51)16-30(17-34(36)70-39(41)29-12-13-31(60-20(3)49)32(15-29)61-21(4)50)69-46-44(67-27(10)56)42(65-25(8)54)38(19(2)59-46)63-23(6)52/h12-13,15-17,19,35,38,40,42-47H,14H2,1-11H3/t19-,35+,38-,40+,42+,43-,44+,45+,46-,47-/m0/s1. The van der Waals surface area contributed by atoms with Crippen molar-refractivity contribution in [3.8, 4) is 40.1 Å². The van der Waals surface area contributed by atoms with Crippen LogP contribution in [0.1, 0.15) is 82.6 Å². The Balaban J connectivity index is 1.82. The number of fused-ring (bicyclic) bond motifs is 1. The van der Waals surface area contributed by atoms with Crippen molar-refractivity contribution in [2.45, 2.75) is 144 Å². The molecule has 2 aromatic carbocycles. The number of ether oxygens (including phenoxy) is 13. The molecule has 10 atom stereocenters. The van der Waals surface area contributed by atoms with Gasteiger partial charge in [-0.15, -0.1) is 0 Å². The summed E-state index contributed by atoms with van der Waals surface area (Å²) in [4.78, 5) is 139. The third-order valence-electron chi connectivity index (χ3n) is 9.96. The maximum Gasteiger partial charge on any atom is 0.308 e. The second-order valence-electron chi connectivity index (χ2n) is 16.2. The summed E-state index contributed by atoms with van der Waals surface area (Å²) >= 11 is 0. The highest BCUT2D eigenvalue weighted by molar-refractivity contribution is 5.91. The van der Waals surface area contributed by atoms with Crippen molar-refractivity contribution in [2.24, 2.45) is 0 Å². The van der Waals surface area contributed by atoms with Gasteiger partial charge in [0.2, 0.25) is 36.0 Å². The maximum absolute atomic E-state index is 15.2. The van der Waals surface area contributed by atoms with E-state index in [2.05, 4.69) is 0 Å². The van der Waals surface area contributed by atoms with Crippen molar-refractivity contribution >= 4 is 70.5 Å². The van der Waals surface area contributed by atoms with Gasteiger partial charge in [0, 0.05) is 86.4 Å². The number of carbonyl (C=O) groups excluding carboxylic acids is 10. The first kappa shape index (κ1) is 55.0. The van der Waals surface area contributed by atoms with Crippen molar-refractivity contribution in [3.63, 3.8) is 0 Å². The van der Waals surface area contributed by atoms with Gasteiger partial charge in [-0.25, -0.2) is 0 Å². The molecule has 0 aliphatic carbocycles. The van der Waals surface area contributed by atoms with E-state index >= 15 is 4.79 Å². The molecule has 0 unspecified atom stereocenters. The van der Waals surface area contributed by atoms with Crippen molar-refractivity contribution in [2.75, 3.05) is 0 Å². The minimum absolute atomic E-state index is 0.175. The van der Waals surface area contributed by atoms with Crippen LogP contribution in [0.3, 0.4) is 0 Å². The number of rotatable bonds is 16. The van der Waals surface area contributed by atoms with Gasteiger partial charge in [0.05, 0.1) is 6.10 Å². The number of ketones is 1. The quantitative estimate of drug-likeness (QED) is 0.113.